The molecule has 0 spiro atoms. The lowest BCUT2D eigenvalue weighted by Gasteiger charge is -2.21. The van der Waals surface area contributed by atoms with E-state index in [9.17, 15) is 0 Å². The van der Waals surface area contributed by atoms with Gasteiger partial charge in [0.2, 0.25) is 0 Å². The second-order valence-corrected chi connectivity index (χ2v) is 5.79. The highest BCUT2D eigenvalue weighted by Gasteiger charge is 2.16. The molecule has 2 fully saturated rings. The standard InChI is InChI=1S/C14H26ClN3/c1-13(10-15)14(11-18-9-5-16-12-18)4-8-17-6-2-3-7-17/h16H,2-12H2,1H3/b14-13+. The first-order chi connectivity index (χ1) is 8.79. The molecule has 2 aliphatic heterocycles. The zero-order valence-electron chi connectivity index (χ0n) is 11.6. The van der Waals surface area contributed by atoms with E-state index in [4.69, 9.17) is 11.6 Å². The van der Waals surface area contributed by atoms with E-state index < -0.39 is 0 Å². The summed E-state index contributed by atoms with van der Waals surface area (Å²) in [4.78, 5) is 5.07. The van der Waals surface area contributed by atoms with Crippen LogP contribution in [0.25, 0.3) is 0 Å². The van der Waals surface area contributed by atoms with Gasteiger partial charge in [0, 0.05) is 38.7 Å². The van der Waals surface area contributed by atoms with Crippen LogP contribution in [0, 0.1) is 0 Å². The van der Waals surface area contributed by atoms with Crippen LogP contribution in [0.4, 0.5) is 0 Å². The van der Waals surface area contributed by atoms with Crippen molar-refractivity contribution in [2.24, 2.45) is 0 Å². The smallest absolute Gasteiger partial charge is 0.0484 e. The summed E-state index contributed by atoms with van der Waals surface area (Å²) in [6, 6.07) is 0. The molecule has 18 heavy (non-hydrogen) atoms. The zero-order chi connectivity index (χ0) is 12.8. The van der Waals surface area contributed by atoms with Gasteiger partial charge >= 0.3 is 0 Å². The molecule has 3 nitrogen and oxygen atoms in total. The summed E-state index contributed by atoms with van der Waals surface area (Å²) in [5, 5.41) is 3.39. The Bertz CT molecular complexity index is 279. The van der Waals surface area contributed by atoms with Crippen molar-refractivity contribution in [1.82, 2.24) is 15.1 Å². The topological polar surface area (TPSA) is 18.5 Å². The second-order valence-electron chi connectivity index (χ2n) is 5.53. The maximum atomic E-state index is 6.02. The molecule has 0 atom stereocenters. The molecule has 0 radical (unpaired) electrons. The summed E-state index contributed by atoms with van der Waals surface area (Å²) in [6.07, 6.45) is 3.95. The molecule has 0 aromatic carbocycles. The SMILES string of the molecule is C/C(CCl)=C(/CCN1CCCC1)CN1CCNC1. The zero-order valence-corrected chi connectivity index (χ0v) is 12.3. The van der Waals surface area contributed by atoms with E-state index in [1.165, 1.54) is 51.0 Å². The summed E-state index contributed by atoms with van der Waals surface area (Å²) in [7, 11) is 0. The Morgan fingerprint density at radius 2 is 1.94 bits per heavy atom. The van der Waals surface area contributed by atoms with Gasteiger partial charge in [-0.3, -0.25) is 4.90 Å². The largest absolute Gasteiger partial charge is 0.303 e. The average Bonchev–Trinajstić information content (AvgIpc) is 3.06. The number of rotatable bonds is 6. The highest BCUT2D eigenvalue weighted by Crippen LogP contribution is 2.16. The van der Waals surface area contributed by atoms with Gasteiger partial charge in [-0.05, 0) is 39.3 Å². The molecule has 1 N–H and O–H groups in total. The van der Waals surface area contributed by atoms with Gasteiger partial charge in [0.25, 0.3) is 0 Å². The molecule has 0 aromatic rings. The average molecular weight is 272 g/mol. The van der Waals surface area contributed by atoms with E-state index in [2.05, 4.69) is 22.0 Å². The van der Waals surface area contributed by atoms with Gasteiger partial charge in [0.15, 0.2) is 0 Å². The lowest BCUT2D eigenvalue weighted by Crippen LogP contribution is -2.27. The van der Waals surface area contributed by atoms with Gasteiger partial charge in [-0.25, -0.2) is 0 Å². The van der Waals surface area contributed by atoms with Crippen LogP contribution in [0.3, 0.4) is 0 Å². The van der Waals surface area contributed by atoms with Gasteiger partial charge in [-0.15, -0.1) is 11.6 Å². The minimum Gasteiger partial charge on any atom is -0.303 e. The van der Waals surface area contributed by atoms with Crippen LogP contribution in [0.1, 0.15) is 26.2 Å². The number of nitrogens with one attached hydrogen (secondary N) is 1. The number of hydrogen-bond donors (Lipinski definition) is 1. The minimum atomic E-state index is 0.677. The fourth-order valence-electron chi connectivity index (χ4n) is 2.78. The van der Waals surface area contributed by atoms with E-state index in [0.29, 0.717) is 5.88 Å². The number of nitrogens with zero attached hydrogens (tertiary/aromatic N) is 2. The van der Waals surface area contributed by atoms with E-state index in [1.807, 2.05) is 0 Å². The third-order valence-electron chi connectivity index (χ3n) is 4.09. The van der Waals surface area contributed by atoms with Crippen molar-refractivity contribution in [3.05, 3.63) is 11.1 Å². The first-order valence-corrected chi connectivity index (χ1v) is 7.72. The van der Waals surface area contributed by atoms with Crippen LogP contribution in [-0.2, 0) is 0 Å². The van der Waals surface area contributed by atoms with Gasteiger partial charge < -0.3 is 10.2 Å². The number of hydrogen-bond acceptors (Lipinski definition) is 3. The lowest BCUT2D eigenvalue weighted by atomic mass is 10.1. The highest BCUT2D eigenvalue weighted by molar-refractivity contribution is 6.19. The van der Waals surface area contributed by atoms with E-state index in [0.717, 1.165) is 19.8 Å². The maximum Gasteiger partial charge on any atom is 0.0484 e. The highest BCUT2D eigenvalue weighted by atomic mass is 35.5. The summed E-state index contributed by atoms with van der Waals surface area (Å²) in [5.41, 5.74) is 2.93. The van der Waals surface area contributed by atoms with Crippen molar-refractivity contribution in [1.29, 1.82) is 0 Å². The minimum absolute atomic E-state index is 0.677. The predicted molar refractivity (Wildman–Crippen MR) is 78.2 cm³/mol. The van der Waals surface area contributed by atoms with Crippen LogP contribution in [0.15, 0.2) is 11.1 Å². The third-order valence-corrected chi connectivity index (χ3v) is 4.49. The van der Waals surface area contributed by atoms with Crippen LogP contribution in [0.5, 0.6) is 0 Å². The molecule has 0 amide bonds. The summed E-state index contributed by atoms with van der Waals surface area (Å²) >= 11 is 6.02. The quantitative estimate of drug-likeness (QED) is 0.588. The Labute approximate surface area is 116 Å². The molecule has 0 aliphatic carbocycles. The van der Waals surface area contributed by atoms with Crippen LogP contribution >= 0.6 is 11.6 Å². The van der Waals surface area contributed by atoms with Crippen LogP contribution < -0.4 is 5.32 Å². The number of allylic oxidation sites excluding steroid dienone is 1. The number of halogens is 1. The van der Waals surface area contributed by atoms with Crippen molar-refractivity contribution in [3.63, 3.8) is 0 Å². The Morgan fingerprint density at radius 1 is 1.17 bits per heavy atom. The van der Waals surface area contributed by atoms with Gasteiger partial charge in [0.1, 0.15) is 0 Å². The third kappa shape index (κ3) is 4.23. The van der Waals surface area contributed by atoms with Crippen molar-refractivity contribution >= 4 is 11.6 Å². The molecule has 0 bridgehead atoms. The van der Waals surface area contributed by atoms with Crippen molar-refractivity contribution in [3.8, 4) is 0 Å². The maximum absolute atomic E-state index is 6.02. The van der Waals surface area contributed by atoms with Gasteiger partial charge in [0.05, 0.1) is 0 Å². The Balaban J connectivity index is 1.83. The molecule has 0 unspecified atom stereocenters. The second kappa shape index (κ2) is 7.49. The molecule has 4 heteroatoms. The molecule has 2 aliphatic rings. The predicted octanol–water partition coefficient (Wildman–Crippen LogP) is 1.89. The Kier molecular flexibility index (Phi) is 5.96. The fraction of sp³-hybridized carbons (Fsp3) is 0.857. The van der Waals surface area contributed by atoms with E-state index in [1.54, 1.807) is 5.57 Å². The molecular formula is C14H26ClN3. The Morgan fingerprint density at radius 3 is 2.56 bits per heavy atom. The van der Waals surface area contributed by atoms with E-state index in [-0.39, 0.29) is 0 Å². The van der Waals surface area contributed by atoms with Gasteiger partial charge in [-0.1, -0.05) is 11.1 Å². The van der Waals surface area contributed by atoms with Crippen molar-refractivity contribution in [2.45, 2.75) is 26.2 Å². The molecular weight excluding hydrogens is 246 g/mol. The molecule has 2 heterocycles. The van der Waals surface area contributed by atoms with Crippen LogP contribution in [-0.4, -0.2) is 61.6 Å². The molecule has 0 aromatic heterocycles. The molecule has 2 rings (SSSR count). The molecule has 0 saturated carbocycles. The molecule has 2 saturated heterocycles. The number of alkyl halides is 1. The van der Waals surface area contributed by atoms with Gasteiger partial charge in [-0.2, -0.15) is 0 Å². The van der Waals surface area contributed by atoms with E-state index >= 15 is 0 Å². The summed E-state index contributed by atoms with van der Waals surface area (Å²) in [6.45, 7) is 10.4. The van der Waals surface area contributed by atoms with Crippen LogP contribution in [0.2, 0.25) is 0 Å². The normalized spacial score (nSPS) is 23.7. The summed E-state index contributed by atoms with van der Waals surface area (Å²) < 4.78 is 0. The molecule has 104 valence electrons. The first-order valence-electron chi connectivity index (χ1n) is 7.18. The number of likely N-dealkylation sites (tertiary alicyclic amines) is 1. The first kappa shape index (κ1) is 14.3. The Hall–Kier alpha value is -0.0900. The monoisotopic (exact) mass is 271 g/mol. The lowest BCUT2D eigenvalue weighted by molar-refractivity contribution is 0.325. The van der Waals surface area contributed by atoms with Crippen molar-refractivity contribution in [2.75, 3.05) is 51.8 Å². The summed E-state index contributed by atoms with van der Waals surface area (Å²) in [5.74, 6) is 0.677. The van der Waals surface area contributed by atoms with Crippen molar-refractivity contribution < 1.29 is 0 Å². The fourth-order valence-corrected chi connectivity index (χ4v) is 2.97.